The molecule has 0 bridgehead atoms. The predicted octanol–water partition coefficient (Wildman–Crippen LogP) is 2.54. The monoisotopic (exact) mass is 487 g/mol. The first kappa shape index (κ1) is 24.6. The van der Waals surface area contributed by atoms with E-state index in [1.54, 1.807) is 19.0 Å². The van der Waals surface area contributed by atoms with Crippen molar-refractivity contribution < 1.29 is 33.0 Å². The molecule has 4 rings (SSSR count). The number of hydrogen-bond donors (Lipinski definition) is 3. The number of alkyl carbamates (subject to hydrolysis) is 1. The molecule has 2 aromatic carbocycles. The van der Waals surface area contributed by atoms with Crippen LogP contribution >= 0.6 is 0 Å². The van der Waals surface area contributed by atoms with Crippen LogP contribution < -0.4 is 10.6 Å². The molecular weight excluding hydrogens is 460 g/mol. The van der Waals surface area contributed by atoms with Gasteiger partial charge >= 0.3 is 12.1 Å². The largest absolute Gasteiger partial charge is 0.481 e. The van der Waals surface area contributed by atoms with Crippen molar-refractivity contribution in [3.05, 3.63) is 59.7 Å². The molecule has 35 heavy (non-hydrogen) atoms. The quantitative estimate of drug-likeness (QED) is 0.502. The first-order valence-corrected chi connectivity index (χ1v) is 11.3. The maximum absolute atomic E-state index is 13.6. The van der Waals surface area contributed by atoms with Crippen molar-refractivity contribution in [2.75, 3.05) is 33.8 Å². The summed E-state index contributed by atoms with van der Waals surface area (Å²) in [5, 5.41) is 13.7. The molecule has 0 spiro atoms. The molecule has 2 amide bonds. The van der Waals surface area contributed by atoms with Crippen LogP contribution in [0.3, 0.4) is 0 Å². The number of hydrogen-bond acceptors (Lipinski definition) is 5. The number of nitrogens with one attached hydrogen (secondary N) is 2. The van der Waals surface area contributed by atoms with Crippen LogP contribution in [-0.2, 0) is 14.3 Å². The zero-order chi connectivity index (χ0) is 25.3. The zero-order valence-electron chi connectivity index (χ0n) is 19.3. The fourth-order valence-electron chi connectivity index (χ4n) is 4.66. The highest BCUT2D eigenvalue weighted by Crippen LogP contribution is 2.54. The van der Waals surface area contributed by atoms with E-state index in [9.17, 15) is 23.2 Å². The summed E-state index contributed by atoms with van der Waals surface area (Å²) in [6.45, 7) is -0.344. The lowest BCUT2D eigenvalue weighted by Crippen LogP contribution is -2.52. The van der Waals surface area contributed by atoms with E-state index in [-0.39, 0.29) is 19.1 Å². The molecule has 2 aliphatic carbocycles. The predicted molar refractivity (Wildman–Crippen MR) is 123 cm³/mol. The Labute approximate surface area is 201 Å². The van der Waals surface area contributed by atoms with Gasteiger partial charge in [0, 0.05) is 19.0 Å². The number of rotatable bonds is 9. The summed E-state index contributed by atoms with van der Waals surface area (Å²) >= 11 is 0. The van der Waals surface area contributed by atoms with Crippen molar-refractivity contribution in [1.29, 1.82) is 0 Å². The van der Waals surface area contributed by atoms with E-state index >= 15 is 0 Å². The van der Waals surface area contributed by atoms with E-state index in [2.05, 4.69) is 10.6 Å². The van der Waals surface area contributed by atoms with Crippen molar-refractivity contribution in [2.24, 2.45) is 11.8 Å². The van der Waals surface area contributed by atoms with Gasteiger partial charge in [-0.05, 0) is 36.3 Å². The first-order chi connectivity index (χ1) is 16.6. The van der Waals surface area contributed by atoms with Crippen LogP contribution in [0.1, 0.15) is 17.0 Å². The number of likely N-dealkylation sites (N-methyl/N-ethyl adjacent to an activating group) is 1. The van der Waals surface area contributed by atoms with Gasteiger partial charge in [0.2, 0.25) is 5.91 Å². The molecule has 0 radical (unpaired) electrons. The Balaban J connectivity index is 1.36. The van der Waals surface area contributed by atoms with Crippen molar-refractivity contribution in [1.82, 2.24) is 15.5 Å². The Morgan fingerprint density at radius 2 is 1.63 bits per heavy atom. The molecule has 1 fully saturated rings. The number of carboxylic acid groups (broad SMARTS) is 1. The van der Waals surface area contributed by atoms with Gasteiger partial charge in [0.05, 0.1) is 5.92 Å². The van der Waals surface area contributed by atoms with Crippen LogP contribution in [0, 0.1) is 11.8 Å². The third-order valence-corrected chi connectivity index (χ3v) is 6.46. The number of aliphatic carboxylic acids is 1. The molecule has 3 N–H and O–H groups in total. The minimum Gasteiger partial charge on any atom is -0.481 e. The van der Waals surface area contributed by atoms with Gasteiger partial charge in [-0.1, -0.05) is 48.5 Å². The lowest BCUT2D eigenvalue weighted by Gasteiger charge is -2.22. The number of carbonyl (C=O) groups excluding carboxylic acids is 2. The number of fused-ring (bicyclic) bond motifs is 3. The average molecular weight is 488 g/mol. The number of nitrogens with zero attached hydrogens (tertiary/aromatic N) is 1. The fourth-order valence-corrected chi connectivity index (χ4v) is 4.66. The van der Waals surface area contributed by atoms with Crippen LogP contribution in [0.4, 0.5) is 13.6 Å². The summed E-state index contributed by atoms with van der Waals surface area (Å²) in [6.07, 6.45) is -0.811. The number of carboxylic acids is 1. The fraction of sp³-hybridized carbons (Fsp3) is 0.400. The second-order valence-electron chi connectivity index (χ2n) is 9.13. The van der Waals surface area contributed by atoms with Gasteiger partial charge in [-0.3, -0.25) is 9.59 Å². The molecule has 0 aliphatic heterocycles. The van der Waals surface area contributed by atoms with Crippen molar-refractivity contribution in [2.45, 2.75) is 17.9 Å². The van der Waals surface area contributed by atoms with Crippen LogP contribution in [0.2, 0.25) is 0 Å². The summed E-state index contributed by atoms with van der Waals surface area (Å²) in [5.41, 5.74) is 4.25. The molecular formula is C25H27F2N3O5. The lowest BCUT2D eigenvalue weighted by molar-refractivity contribution is -0.141. The Kier molecular flexibility index (Phi) is 6.75. The summed E-state index contributed by atoms with van der Waals surface area (Å²) < 4.78 is 32.7. The Morgan fingerprint density at radius 3 is 2.14 bits per heavy atom. The third-order valence-electron chi connectivity index (χ3n) is 6.46. The Morgan fingerprint density at radius 1 is 1.06 bits per heavy atom. The smallest absolute Gasteiger partial charge is 0.407 e. The lowest BCUT2D eigenvalue weighted by atomic mass is 9.98. The summed E-state index contributed by atoms with van der Waals surface area (Å²) in [4.78, 5) is 37.8. The topological polar surface area (TPSA) is 108 Å². The minimum absolute atomic E-state index is 0.0603. The molecule has 8 nitrogen and oxygen atoms in total. The normalized spacial score (nSPS) is 20.5. The molecule has 3 unspecified atom stereocenters. The van der Waals surface area contributed by atoms with E-state index in [0.717, 1.165) is 22.3 Å². The molecule has 186 valence electrons. The van der Waals surface area contributed by atoms with Gasteiger partial charge in [0.15, 0.2) is 0 Å². The second kappa shape index (κ2) is 9.61. The van der Waals surface area contributed by atoms with Crippen molar-refractivity contribution in [3.8, 4) is 11.1 Å². The van der Waals surface area contributed by atoms with E-state index < -0.39 is 48.3 Å². The van der Waals surface area contributed by atoms with Crippen LogP contribution in [-0.4, -0.2) is 73.7 Å². The number of alkyl halides is 2. The highest BCUT2D eigenvalue weighted by molar-refractivity contribution is 5.86. The van der Waals surface area contributed by atoms with E-state index in [0.29, 0.717) is 0 Å². The van der Waals surface area contributed by atoms with Crippen molar-refractivity contribution >= 4 is 18.0 Å². The van der Waals surface area contributed by atoms with Gasteiger partial charge in [-0.25, -0.2) is 13.6 Å². The maximum atomic E-state index is 13.6. The average Bonchev–Trinajstić information content (AvgIpc) is 3.22. The molecule has 0 aromatic heterocycles. The third kappa shape index (κ3) is 4.97. The molecule has 2 aromatic rings. The number of amides is 2. The van der Waals surface area contributed by atoms with Crippen molar-refractivity contribution in [3.63, 3.8) is 0 Å². The number of ether oxygens (including phenoxy) is 1. The molecule has 10 heteroatoms. The highest BCUT2D eigenvalue weighted by Gasteiger charge is 2.72. The van der Waals surface area contributed by atoms with Gasteiger partial charge < -0.3 is 25.4 Å². The van der Waals surface area contributed by atoms with E-state index in [1.165, 1.54) is 0 Å². The van der Waals surface area contributed by atoms with Gasteiger partial charge in [-0.2, -0.15) is 0 Å². The molecule has 1 saturated carbocycles. The molecule has 0 heterocycles. The second-order valence-corrected chi connectivity index (χ2v) is 9.13. The molecule has 0 saturated heterocycles. The first-order valence-electron chi connectivity index (χ1n) is 11.3. The SMILES string of the molecule is CN(C)CC(NC(=O)OCC1c2ccccc2-c2ccccc21)C(=O)NCC1C(C(=O)O)C1(F)F. The molecule has 3 atom stereocenters. The van der Waals surface area contributed by atoms with E-state index in [1.807, 2.05) is 48.5 Å². The summed E-state index contributed by atoms with van der Waals surface area (Å²) in [6, 6.07) is 14.7. The van der Waals surface area contributed by atoms with Gasteiger partial charge in [0.1, 0.15) is 18.6 Å². The zero-order valence-corrected chi connectivity index (χ0v) is 19.3. The number of carbonyl (C=O) groups is 3. The Bertz CT molecular complexity index is 1090. The van der Waals surface area contributed by atoms with Crippen LogP contribution in [0.15, 0.2) is 48.5 Å². The minimum atomic E-state index is -3.36. The molecule has 2 aliphatic rings. The van der Waals surface area contributed by atoms with Crippen LogP contribution in [0.25, 0.3) is 11.1 Å². The number of benzene rings is 2. The van der Waals surface area contributed by atoms with Gasteiger partial charge in [-0.15, -0.1) is 0 Å². The Hall–Kier alpha value is -3.53. The number of halogens is 2. The highest BCUT2D eigenvalue weighted by atomic mass is 19.3. The standard InChI is InChI=1S/C25H27F2N3O5/c1-30(2)12-20(22(31)28-11-19-21(23(32)33)25(19,26)27)29-24(34)35-13-18-16-9-5-3-7-14(16)15-8-4-6-10-17(15)18/h3-10,18-21H,11-13H2,1-2H3,(H,28,31)(H,29,34)(H,32,33). The summed E-state index contributed by atoms with van der Waals surface area (Å²) in [5.74, 6) is -9.10. The van der Waals surface area contributed by atoms with E-state index in [4.69, 9.17) is 9.84 Å². The van der Waals surface area contributed by atoms with Crippen LogP contribution in [0.5, 0.6) is 0 Å². The summed E-state index contributed by atoms with van der Waals surface area (Å²) in [7, 11) is 3.38. The van der Waals surface area contributed by atoms with Gasteiger partial charge in [0.25, 0.3) is 5.92 Å². The maximum Gasteiger partial charge on any atom is 0.407 e.